The molecule has 2 rings (SSSR count). The number of hydrogen-bond acceptors (Lipinski definition) is 4. The highest BCUT2D eigenvalue weighted by atomic mass is 16.5. The Hall–Kier alpha value is -1.85. The van der Waals surface area contributed by atoms with Gasteiger partial charge in [0.15, 0.2) is 0 Å². The molecule has 21 heavy (non-hydrogen) atoms. The minimum absolute atomic E-state index is 0.0105. The summed E-state index contributed by atoms with van der Waals surface area (Å²) in [5.74, 6) is -1.03. The minimum atomic E-state index is -1.04. The molecule has 114 valence electrons. The molecule has 0 aliphatic heterocycles. The average Bonchev–Trinajstić information content (AvgIpc) is 2.84. The maximum Gasteiger partial charge on any atom is 0.372 e. The molecule has 1 aromatic carbocycles. The third-order valence-corrected chi connectivity index (χ3v) is 3.47. The maximum atomic E-state index is 11.3. The van der Waals surface area contributed by atoms with Crippen LogP contribution in [0.5, 0.6) is 0 Å². The molecule has 1 aromatic heterocycles. The molecule has 0 radical (unpaired) electrons. The van der Waals surface area contributed by atoms with E-state index in [1.54, 1.807) is 13.2 Å². The van der Waals surface area contributed by atoms with Gasteiger partial charge in [-0.3, -0.25) is 0 Å². The molecular formula is C16H21NO4. The Balaban J connectivity index is 2.23. The lowest BCUT2D eigenvalue weighted by Gasteiger charge is -2.16. The zero-order valence-corrected chi connectivity index (χ0v) is 12.4. The number of rotatable bonds is 8. The second-order valence-electron chi connectivity index (χ2n) is 5.03. The van der Waals surface area contributed by atoms with E-state index in [0.29, 0.717) is 24.3 Å². The van der Waals surface area contributed by atoms with Crippen LogP contribution in [-0.2, 0) is 11.3 Å². The van der Waals surface area contributed by atoms with Crippen LogP contribution < -0.4 is 5.32 Å². The van der Waals surface area contributed by atoms with Gasteiger partial charge in [0.1, 0.15) is 5.58 Å². The van der Waals surface area contributed by atoms with Crippen LogP contribution in [-0.4, -0.2) is 30.8 Å². The third kappa shape index (κ3) is 3.62. The van der Waals surface area contributed by atoms with E-state index in [2.05, 4.69) is 12.2 Å². The Morgan fingerprint density at radius 1 is 1.43 bits per heavy atom. The van der Waals surface area contributed by atoms with Crippen LogP contribution >= 0.6 is 0 Å². The smallest absolute Gasteiger partial charge is 0.372 e. The predicted octanol–water partition coefficient (Wildman–Crippen LogP) is 3.04. The van der Waals surface area contributed by atoms with E-state index in [1.807, 2.05) is 18.2 Å². The average molecular weight is 291 g/mol. The van der Waals surface area contributed by atoms with Crippen molar-refractivity contribution >= 4 is 16.9 Å². The second-order valence-corrected chi connectivity index (χ2v) is 5.03. The van der Waals surface area contributed by atoms with Crippen molar-refractivity contribution in [1.29, 1.82) is 0 Å². The molecule has 5 nitrogen and oxygen atoms in total. The van der Waals surface area contributed by atoms with Crippen LogP contribution in [0.4, 0.5) is 0 Å². The fourth-order valence-electron chi connectivity index (χ4n) is 2.49. The molecule has 0 saturated carbocycles. The monoisotopic (exact) mass is 291 g/mol. The number of carboxylic acids is 1. The van der Waals surface area contributed by atoms with Crippen molar-refractivity contribution < 1.29 is 19.1 Å². The van der Waals surface area contributed by atoms with Crippen LogP contribution in [0, 0.1) is 0 Å². The summed E-state index contributed by atoms with van der Waals surface area (Å²) >= 11 is 0. The van der Waals surface area contributed by atoms with E-state index in [9.17, 15) is 9.90 Å². The quantitative estimate of drug-likeness (QED) is 0.782. The van der Waals surface area contributed by atoms with E-state index in [-0.39, 0.29) is 11.8 Å². The molecule has 0 saturated heterocycles. The number of fused-ring (bicyclic) bond motifs is 1. The highest BCUT2D eigenvalue weighted by molar-refractivity contribution is 5.95. The van der Waals surface area contributed by atoms with Gasteiger partial charge in [-0.2, -0.15) is 0 Å². The highest BCUT2D eigenvalue weighted by Gasteiger charge is 2.20. The first-order valence-corrected chi connectivity index (χ1v) is 7.13. The minimum Gasteiger partial charge on any atom is -0.475 e. The van der Waals surface area contributed by atoms with Gasteiger partial charge in [-0.25, -0.2) is 4.79 Å². The lowest BCUT2D eigenvalue weighted by Crippen LogP contribution is -2.32. The maximum absolute atomic E-state index is 11.3. The predicted molar refractivity (Wildman–Crippen MR) is 80.6 cm³/mol. The molecule has 0 fully saturated rings. The summed E-state index contributed by atoms with van der Waals surface area (Å²) in [5.41, 5.74) is 1.29. The van der Waals surface area contributed by atoms with Crippen LogP contribution in [0.2, 0.25) is 0 Å². The van der Waals surface area contributed by atoms with Gasteiger partial charge in [-0.1, -0.05) is 31.5 Å². The van der Waals surface area contributed by atoms with Crippen LogP contribution in [0.15, 0.2) is 28.7 Å². The van der Waals surface area contributed by atoms with E-state index >= 15 is 0 Å². The Bertz CT molecular complexity index is 599. The van der Waals surface area contributed by atoms with Crippen LogP contribution in [0.1, 0.15) is 35.9 Å². The van der Waals surface area contributed by atoms with Crippen molar-refractivity contribution in [2.75, 3.05) is 13.7 Å². The molecule has 0 spiro atoms. The first kappa shape index (κ1) is 15.5. The summed E-state index contributed by atoms with van der Waals surface area (Å²) in [6.45, 7) is 3.17. The topological polar surface area (TPSA) is 71.7 Å². The summed E-state index contributed by atoms with van der Waals surface area (Å²) in [4.78, 5) is 11.3. The Kier molecular flexibility index (Phi) is 5.36. The number of nitrogens with one attached hydrogen (secondary N) is 1. The zero-order chi connectivity index (χ0) is 15.2. The lowest BCUT2D eigenvalue weighted by atomic mass is 10.1. The Morgan fingerprint density at radius 3 is 2.86 bits per heavy atom. The van der Waals surface area contributed by atoms with Gasteiger partial charge in [-0.05, 0) is 12.5 Å². The molecule has 2 N–H and O–H groups in total. The van der Waals surface area contributed by atoms with Crippen molar-refractivity contribution in [3.63, 3.8) is 0 Å². The van der Waals surface area contributed by atoms with Crippen LogP contribution in [0.3, 0.4) is 0 Å². The van der Waals surface area contributed by atoms with Gasteiger partial charge >= 0.3 is 5.97 Å². The van der Waals surface area contributed by atoms with Gasteiger partial charge in [0, 0.05) is 30.6 Å². The van der Waals surface area contributed by atoms with Crippen LogP contribution in [0.25, 0.3) is 11.0 Å². The number of benzene rings is 1. The molecule has 2 aromatic rings. The standard InChI is InChI=1S/C16H21NO4/c1-3-6-11(10-20-2)17-9-13-12-7-4-5-8-14(12)21-15(13)16(18)19/h4-5,7-8,11,17H,3,6,9-10H2,1-2H3,(H,18,19). The number of furan rings is 1. The second kappa shape index (κ2) is 7.24. The van der Waals surface area contributed by atoms with E-state index in [0.717, 1.165) is 18.2 Å². The number of carboxylic acid groups (broad SMARTS) is 1. The summed E-state index contributed by atoms with van der Waals surface area (Å²) in [6.07, 6.45) is 2.02. The molecule has 0 aliphatic carbocycles. The zero-order valence-electron chi connectivity index (χ0n) is 12.4. The fraction of sp³-hybridized carbons (Fsp3) is 0.438. The summed E-state index contributed by atoms with van der Waals surface area (Å²) in [7, 11) is 1.67. The van der Waals surface area contributed by atoms with E-state index < -0.39 is 5.97 Å². The van der Waals surface area contributed by atoms with E-state index in [4.69, 9.17) is 9.15 Å². The van der Waals surface area contributed by atoms with Crippen molar-refractivity contribution in [3.05, 3.63) is 35.6 Å². The molecule has 0 aliphatic rings. The molecule has 1 unspecified atom stereocenters. The van der Waals surface area contributed by atoms with E-state index in [1.165, 1.54) is 0 Å². The van der Waals surface area contributed by atoms with Gasteiger partial charge in [-0.15, -0.1) is 0 Å². The normalized spacial score (nSPS) is 12.7. The molecule has 5 heteroatoms. The van der Waals surface area contributed by atoms with Gasteiger partial charge < -0.3 is 19.6 Å². The molecule has 1 heterocycles. The fourth-order valence-corrected chi connectivity index (χ4v) is 2.49. The molecule has 1 atom stereocenters. The number of aromatic carboxylic acids is 1. The van der Waals surface area contributed by atoms with Crippen molar-refractivity contribution in [2.45, 2.75) is 32.4 Å². The largest absolute Gasteiger partial charge is 0.475 e. The van der Waals surface area contributed by atoms with Gasteiger partial charge in [0.25, 0.3) is 0 Å². The lowest BCUT2D eigenvalue weighted by molar-refractivity contribution is 0.0663. The summed E-state index contributed by atoms with van der Waals surface area (Å²) in [5, 5.41) is 13.5. The Morgan fingerprint density at radius 2 is 2.19 bits per heavy atom. The molecule has 0 bridgehead atoms. The first-order valence-electron chi connectivity index (χ1n) is 7.13. The summed E-state index contributed by atoms with van der Waals surface area (Å²) in [6, 6.07) is 7.58. The third-order valence-electron chi connectivity index (χ3n) is 3.47. The number of para-hydroxylation sites is 1. The van der Waals surface area contributed by atoms with Gasteiger partial charge in [0.05, 0.1) is 6.61 Å². The van der Waals surface area contributed by atoms with Crippen molar-refractivity contribution in [3.8, 4) is 0 Å². The summed E-state index contributed by atoms with van der Waals surface area (Å²) < 4.78 is 10.6. The number of carbonyl (C=O) groups is 1. The molecular weight excluding hydrogens is 270 g/mol. The van der Waals surface area contributed by atoms with Gasteiger partial charge in [0.2, 0.25) is 5.76 Å². The first-order chi connectivity index (χ1) is 10.2. The molecule has 0 amide bonds. The Labute approximate surface area is 123 Å². The van der Waals surface area contributed by atoms with Crippen molar-refractivity contribution in [1.82, 2.24) is 5.32 Å². The van der Waals surface area contributed by atoms with Crippen molar-refractivity contribution in [2.24, 2.45) is 0 Å². The SMILES string of the molecule is CCCC(COC)NCc1c(C(=O)O)oc2ccccc12. The number of ether oxygens (including phenoxy) is 1. The number of hydrogen-bond donors (Lipinski definition) is 2. The number of methoxy groups -OCH3 is 1. The highest BCUT2D eigenvalue weighted by Crippen LogP contribution is 2.26.